The van der Waals surface area contributed by atoms with Crippen molar-refractivity contribution in [3.8, 4) is 17.6 Å². The Kier molecular flexibility index (Phi) is 8.81. The highest BCUT2D eigenvalue weighted by atomic mass is 32.2. The van der Waals surface area contributed by atoms with Gasteiger partial charge in [-0.2, -0.15) is 13.2 Å². The van der Waals surface area contributed by atoms with Gasteiger partial charge in [-0.1, -0.05) is 12.0 Å². The van der Waals surface area contributed by atoms with Crippen molar-refractivity contribution >= 4 is 27.1 Å². The monoisotopic (exact) mass is 593 g/mol. The fourth-order valence-corrected chi connectivity index (χ4v) is 5.05. The van der Waals surface area contributed by atoms with Crippen molar-refractivity contribution in [1.29, 1.82) is 0 Å². The van der Waals surface area contributed by atoms with Crippen molar-refractivity contribution in [2.24, 2.45) is 0 Å². The molecule has 0 aliphatic carbocycles. The van der Waals surface area contributed by atoms with E-state index >= 15 is 0 Å². The predicted octanol–water partition coefficient (Wildman–Crippen LogP) is 2.43. The van der Waals surface area contributed by atoms with Gasteiger partial charge in [0.2, 0.25) is 0 Å². The minimum absolute atomic E-state index is 0.0144. The van der Waals surface area contributed by atoms with Crippen LogP contribution < -0.4 is 15.4 Å². The molecule has 10 nitrogen and oxygen atoms in total. The summed E-state index contributed by atoms with van der Waals surface area (Å²) < 4.78 is 76.6. The first-order chi connectivity index (χ1) is 19.3. The summed E-state index contributed by atoms with van der Waals surface area (Å²) in [7, 11) is 1.58. The molecule has 4 rings (SSSR count). The Bertz CT molecular complexity index is 1610. The van der Waals surface area contributed by atoms with Crippen LogP contribution in [-0.2, 0) is 25.8 Å². The highest BCUT2D eigenvalue weighted by molar-refractivity contribution is 7.90. The minimum atomic E-state index is -4.52. The van der Waals surface area contributed by atoms with Crippen molar-refractivity contribution in [3.63, 3.8) is 0 Å². The molecule has 220 valence electrons. The van der Waals surface area contributed by atoms with Gasteiger partial charge in [0.05, 0.1) is 49.0 Å². The number of hydrogen-bond donors (Lipinski definition) is 2. The number of imidazole rings is 1. The number of morpholine rings is 1. The number of sulfone groups is 1. The lowest BCUT2D eigenvalue weighted by Crippen LogP contribution is -2.50. The maximum absolute atomic E-state index is 13.6. The third-order valence-electron chi connectivity index (χ3n) is 6.30. The average molecular weight is 594 g/mol. The topological polar surface area (TPSA) is 114 Å². The van der Waals surface area contributed by atoms with Crippen LogP contribution in [0.15, 0.2) is 41.4 Å². The number of carbonyl (C=O) groups excluding carboxylic acids is 1. The number of nitrogens with one attached hydrogen (secondary N) is 2. The number of ether oxygens (including phenoxy) is 2. The van der Waals surface area contributed by atoms with Crippen LogP contribution >= 0.6 is 0 Å². The molecule has 14 heteroatoms. The van der Waals surface area contributed by atoms with Crippen LogP contribution in [0.3, 0.4) is 0 Å². The summed E-state index contributed by atoms with van der Waals surface area (Å²) in [5.74, 6) is 5.48. The van der Waals surface area contributed by atoms with Crippen molar-refractivity contribution < 1.29 is 35.9 Å². The number of aromatic nitrogens is 2. The van der Waals surface area contributed by atoms with Gasteiger partial charge in [0.15, 0.2) is 9.84 Å². The normalized spacial score (nSPS) is 17.7. The first-order valence-corrected chi connectivity index (χ1v) is 14.4. The molecule has 1 aromatic carbocycles. The average Bonchev–Trinajstić information content (AvgIpc) is 3.22. The number of halogens is 3. The zero-order valence-corrected chi connectivity index (χ0v) is 23.7. The number of rotatable bonds is 8. The summed E-state index contributed by atoms with van der Waals surface area (Å²) in [6.45, 7) is 0.542. The van der Waals surface area contributed by atoms with E-state index in [1.54, 1.807) is 12.1 Å². The Morgan fingerprint density at radius 1 is 1.29 bits per heavy atom. The molecule has 3 aromatic rings. The maximum Gasteiger partial charge on any atom is 0.394 e. The predicted molar refractivity (Wildman–Crippen MR) is 146 cm³/mol. The Hall–Kier alpha value is -3.80. The number of amides is 1. The van der Waals surface area contributed by atoms with Crippen LogP contribution in [0.25, 0.3) is 5.65 Å². The lowest BCUT2D eigenvalue weighted by Gasteiger charge is -2.31. The van der Waals surface area contributed by atoms with E-state index in [1.807, 2.05) is 19.0 Å². The quantitative estimate of drug-likeness (QED) is 0.383. The summed E-state index contributed by atoms with van der Waals surface area (Å²) in [6, 6.07) is 6.98. The zero-order valence-electron chi connectivity index (χ0n) is 22.9. The number of alkyl halides is 3. The van der Waals surface area contributed by atoms with Crippen LogP contribution in [0.4, 0.5) is 18.9 Å². The number of likely N-dealkylation sites (N-methyl/N-ethyl adjacent to an activating group) is 1. The van der Waals surface area contributed by atoms with E-state index in [4.69, 9.17) is 9.47 Å². The minimum Gasteiger partial charge on any atom is -0.495 e. The molecule has 0 saturated carbocycles. The molecule has 1 fully saturated rings. The lowest BCUT2D eigenvalue weighted by molar-refractivity contribution is -0.141. The van der Waals surface area contributed by atoms with E-state index in [1.165, 1.54) is 35.9 Å². The van der Waals surface area contributed by atoms with Crippen LogP contribution in [0.2, 0.25) is 0 Å². The molecule has 41 heavy (non-hydrogen) atoms. The molecule has 3 heterocycles. The first-order valence-electron chi connectivity index (χ1n) is 12.5. The molecule has 0 spiro atoms. The molecule has 0 bridgehead atoms. The summed E-state index contributed by atoms with van der Waals surface area (Å²) in [5, 5.41) is 5.87. The molecule has 1 amide bonds. The van der Waals surface area contributed by atoms with E-state index in [0.29, 0.717) is 17.8 Å². The zero-order chi connectivity index (χ0) is 29.9. The molecule has 2 aromatic heterocycles. The van der Waals surface area contributed by atoms with E-state index in [0.717, 1.165) is 6.26 Å². The molecule has 2 N–H and O–H groups in total. The molecule has 1 aliphatic rings. The number of benzene rings is 1. The highest BCUT2D eigenvalue weighted by Gasteiger charge is 2.34. The third-order valence-corrected chi connectivity index (χ3v) is 7.41. The smallest absolute Gasteiger partial charge is 0.394 e. The number of fused-ring (bicyclic) bond motifs is 1. The first kappa shape index (κ1) is 30.2. The largest absolute Gasteiger partial charge is 0.495 e. The summed E-state index contributed by atoms with van der Waals surface area (Å²) >= 11 is 0. The summed E-state index contributed by atoms with van der Waals surface area (Å²) in [5.41, 5.74) is 1.02. The van der Waals surface area contributed by atoms with E-state index in [2.05, 4.69) is 27.5 Å². The molecular weight excluding hydrogens is 563 g/mol. The fourth-order valence-electron chi connectivity index (χ4n) is 4.41. The van der Waals surface area contributed by atoms with Gasteiger partial charge in [0, 0.05) is 30.6 Å². The van der Waals surface area contributed by atoms with Gasteiger partial charge in [0.25, 0.3) is 5.91 Å². The number of anilines is 1. The van der Waals surface area contributed by atoms with E-state index < -0.39 is 34.6 Å². The van der Waals surface area contributed by atoms with E-state index in [-0.39, 0.29) is 46.7 Å². The van der Waals surface area contributed by atoms with Crippen LogP contribution in [0.5, 0.6) is 5.75 Å². The number of methoxy groups -OCH3 is 1. The van der Waals surface area contributed by atoms with Crippen molar-refractivity contribution in [1.82, 2.24) is 19.6 Å². The number of carbonyl (C=O) groups is 1. The molecule has 1 saturated heterocycles. The second kappa shape index (κ2) is 12.0. The van der Waals surface area contributed by atoms with Crippen molar-refractivity contribution in [2.75, 3.05) is 52.5 Å². The number of hydrogen-bond acceptors (Lipinski definition) is 8. The van der Waals surface area contributed by atoms with Crippen molar-refractivity contribution in [3.05, 3.63) is 53.5 Å². The second-order valence-corrected chi connectivity index (χ2v) is 11.8. The van der Waals surface area contributed by atoms with Gasteiger partial charge in [-0.3, -0.25) is 4.79 Å². The van der Waals surface area contributed by atoms with Crippen molar-refractivity contribution in [2.45, 2.75) is 29.6 Å². The fraction of sp³-hybridized carbons (Fsp3) is 0.407. The molecule has 1 unspecified atom stereocenters. The van der Waals surface area contributed by atoms with Gasteiger partial charge >= 0.3 is 6.18 Å². The Balaban J connectivity index is 1.62. The highest BCUT2D eigenvalue weighted by Crippen LogP contribution is 2.29. The van der Waals surface area contributed by atoms with Gasteiger partial charge in [-0.05, 0) is 38.2 Å². The van der Waals surface area contributed by atoms with Gasteiger partial charge < -0.3 is 29.4 Å². The Morgan fingerprint density at radius 3 is 2.68 bits per heavy atom. The SMILES string of the molecule is COc1cc(S(C)(=O)=O)ccc1NCC#Cc1nc2c(C3CO[C@@H](CN(C)C)C(=O)N3)cccn2c1CC(F)(F)F. The van der Waals surface area contributed by atoms with Crippen LogP contribution in [0, 0.1) is 11.8 Å². The second-order valence-electron chi connectivity index (χ2n) is 9.79. The lowest BCUT2D eigenvalue weighted by atomic mass is 10.1. The molecule has 0 radical (unpaired) electrons. The summed E-state index contributed by atoms with van der Waals surface area (Å²) in [6.07, 6.45) is -3.87. The van der Waals surface area contributed by atoms with Gasteiger partial charge in [-0.15, -0.1) is 0 Å². The van der Waals surface area contributed by atoms with Gasteiger partial charge in [0.1, 0.15) is 23.2 Å². The molecule has 1 aliphatic heterocycles. The standard InChI is InChI=1S/C27H30F3N5O5S/c1-34(2)15-24-26(36)33-21(16-40-24)18-7-6-12-35-22(14-27(28,29)30)19(32-25(18)35)8-5-11-31-20-10-9-17(41(4,37)38)13-23(20)39-3/h6-7,9-10,12-13,21,24,31H,11,14-16H2,1-4H3,(H,33,36)/t21?,24-/m0/s1. The Morgan fingerprint density at radius 2 is 2.05 bits per heavy atom. The maximum atomic E-state index is 13.6. The van der Waals surface area contributed by atoms with E-state index in [9.17, 15) is 26.4 Å². The third kappa shape index (κ3) is 7.29. The Labute approximate surface area is 235 Å². The van der Waals surface area contributed by atoms with Gasteiger partial charge in [-0.25, -0.2) is 13.4 Å². The van der Waals surface area contributed by atoms with Crippen LogP contribution in [0.1, 0.15) is 23.0 Å². The summed E-state index contributed by atoms with van der Waals surface area (Å²) in [4.78, 5) is 18.9. The molecule has 2 atom stereocenters. The number of nitrogens with zero attached hydrogens (tertiary/aromatic N) is 3. The van der Waals surface area contributed by atoms with Crippen LogP contribution in [-0.4, -0.2) is 88.0 Å². The molecular formula is C27H30F3N5O5S. The number of pyridine rings is 1.